The first-order valence-corrected chi connectivity index (χ1v) is 13.2. The monoisotopic (exact) mass is 480 g/mol. The molecule has 0 saturated heterocycles. The van der Waals surface area contributed by atoms with Gasteiger partial charge in [-0.25, -0.2) is 0 Å². The van der Waals surface area contributed by atoms with Gasteiger partial charge in [0.25, 0.3) is 0 Å². The van der Waals surface area contributed by atoms with E-state index in [2.05, 4.69) is 146 Å². The van der Waals surface area contributed by atoms with Gasteiger partial charge in [-0.15, -0.1) is 0 Å². The lowest BCUT2D eigenvalue weighted by atomic mass is 9.86. The van der Waals surface area contributed by atoms with E-state index in [4.69, 9.17) is 0 Å². The Bertz CT molecular complexity index is 2150. The third-order valence-corrected chi connectivity index (χ3v) is 8.03. The number of benzene rings is 8. The highest BCUT2D eigenvalue weighted by molar-refractivity contribution is 6.39. The smallest absolute Gasteiger partial charge is 0.00137 e. The first kappa shape index (κ1) is 21.2. The van der Waals surface area contributed by atoms with Gasteiger partial charge in [-0.3, -0.25) is 0 Å². The number of hydrogen-bond donors (Lipinski definition) is 0. The van der Waals surface area contributed by atoms with Crippen molar-refractivity contribution in [1.82, 2.24) is 0 Å². The van der Waals surface area contributed by atoms with Crippen LogP contribution in [0.4, 0.5) is 0 Å². The van der Waals surface area contributed by atoms with Crippen molar-refractivity contribution in [3.63, 3.8) is 0 Å². The highest BCUT2D eigenvalue weighted by atomic mass is 14.2. The van der Waals surface area contributed by atoms with Crippen LogP contribution in [0.2, 0.25) is 0 Å². The van der Waals surface area contributed by atoms with Crippen molar-refractivity contribution >= 4 is 53.9 Å². The molecule has 8 aromatic rings. The standard InChI is InChI=1S/C38H24/c1-2-12-25(13-3-1)27-14-4-5-15-28(27)26-22-23-32-31-18-8-10-20-34(31)37-33-19-9-6-16-29(33)30-17-7-11-21-35(30)38(37)36(32)24-26/h1-24H. The molecule has 176 valence electrons. The molecule has 8 rings (SSSR count). The summed E-state index contributed by atoms with van der Waals surface area (Å²) in [4.78, 5) is 0. The highest BCUT2D eigenvalue weighted by Crippen LogP contribution is 2.45. The summed E-state index contributed by atoms with van der Waals surface area (Å²) >= 11 is 0. The van der Waals surface area contributed by atoms with Gasteiger partial charge < -0.3 is 0 Å². The van der Waals surface area contributed by atoms with E-state index in [1.54, 1.807) is 0 Å². The van der Waals surface area contributed by atoms with Crippen LogP contribution in [0.1, 0.15) is 0 Å². The normalized spacial score (nSPS) is 11.7. The van der Waals surface area contributed by atoms with E-state index in [0.29, 0.717) is 0 Å². The summed E-state index contributed by atoms with van der Waals surface area (Å²) in [5, 5.41) is 13.2. The molecule has 0 fully saturated rings. The fourth-order valence-electron chi connectivity index (χ4n) is 6.39. The summed E-state index contributed by atoms with van der Waals surface area (Å²) in [6, 6.07) is 53.2. The maximum Gasteiger partial charge on any atom is -0.00137 e. The zero-order valence-corrected chi connectivity index (χ0v) is 20.9. The van der Waals surface area contributed by atoms with Crippen LogP contribution in [0, 0.1) is 0 Å². The molecule has 0 aliphatic rings. The van der Waals surface area contributed by atoms with Gasteiger partial charge in [-0.2, -0.15) is 0 Å². The maximum atomic E-state index is 2.42. The molecule has 0 aromatic heterocycles. The molecule has 0 nitrogen and oxygen atoms in total. The summed E-state index contributed by atoms with van der Waals surface area (Å²) in [5.74, 6) is 0. The van der Waals surface area contributed by atoms with Crippen molar-refractivity contribution in [2.24, 2.45) is 0 Å². The minimum atomic E-state index is 1.24. The van der Waals surface area contributed by atoms with Gasteiger partial charge in [0.05, 0.1) is 0 Å². The molecular formula is C38H24. The molecule has 0 saturated carbocycles. The molecule has 0 N–H and O–H groups in total. The Morgan fingerprint density at radius 3 is 1.18 bits per heavy atom. The Balaban J connectivity index is 1.58. The van der Waals surface area contributed by atoms with E-state index < -0.39 is 0 Å². The molecule has 0 heteroatoms. The zero-order chi connectivity index (χ0) is 25.1. The molecule has 0 radical (unpaired) electrons. The van der Waals surface area contributed by atoms with E-state index in [1.807, 2.05) is 0 Å². The number of hydrogen-bond acceptors (Lipinski definition) is 0. The van der Waals surface area contributed by atoms with Gasteiger partial charge >= 0.3 is 0 Å². The summed E-state index contributed by atoms with van der Waals surface area (Å²) in [6.45, 7) is 0. The van der Waals surface area contributed by atoms with Gasteiger partial charge in [0, 0.05) is 0 Å². The third kappa shape index (κ3) is 3.04. The minimum Gasteiger partial charge on any atom is -0.0622 e. The van der Waals surface area contributed by atoms with Gasteiger partial charge in [0.15, 0.2) is 0 Å². The molecule has 0 aliphatic carbocycles. The Kier molecular flexibility index (Phi) is 4.62. The first-order chi connectivity index (χ1) is 18.9. The second-order valence-electron chi connectivity index (χ2n) is 10.1. The maximum absolute atomic E-state index is 2.42. The van der Waals surface area contributed by atoms with Crippen molar-refractivity contribution in [3.8, 4) is 22.3 Å². The average Bonchev–Trinajstić information content (AvgIpc) is 3.01. The molecule has 38 heavy (non-hydrogen) atoms. The van der Waals surface area contributed by atoms with E-state index in [-0.39, 0.29) is 0 Å². The quantitative estimate of drug-likeness (QED) is 0.216. The molecular weight excluding hydrogens is 456 g/mol. The van der Waals surface area contributed by atoms with Crippen molar-refractivity contribution in [2.45, 2.75) is 0 Å². The predicted octanol–water partition coefficient (Wildman–Crippen LogP) is 10.8. The topological polar surface area (TPSA) is 0 Å². The Labute approximate surface area is 221 Å². The molecule has 0 aliphatic heterocycles. The van der Waals surface area contributed by atoms with Crippen LogP contribution in [0.5, 0.6) is 0 Å². The molecule has 8 aromatic carbocycles. The fraction of sp³-hybridized carbons (Fsp3) is 0. The predicted molar refractivity (Wildman–Crippen MR) is 165 cm³/mol. The van der Waals surface area contributed by atoms with Crippen molar-refractivity contribution in [1.29, 1.82) is 0 Å². The molecule has 0 amide bonds. The summed E-state index contributed by atoms with van der Waals surface area (Å²) in [6.07, 6.45) is 0. The van der Waals surface area contributed by atoms with Crippen LogP contribution in [0.25, 0.3) is 76.1 Å². The second kappa shape index (κ2) is 8.30. The molecule has 0 spiro atoms. The first-order valence-electron chi connectivity index (χ1n) is 13.2. The summed E-state index contributed by atoms with van der Waals surface area (Å²) < 4.78 is 0. The molecule has 0 heterocycles. The van der Waals surface area contributed by atoms with Gasteiger partial charge in [-0.1, -0.05) is 140 Å². The van der Waals surface area contributed by atoms with E-state index in [9.17, 15) is 0 Å². The van der Waals surface area contributed by atoms with Crippen molar-refractivity contribution < 1.29 is 0 Å². The zero-order valence-electron chi connectivity index (χ0n) is 20.9. The average molecular weight is 481 g/mol. The van der Waals surface area contributed by atoms with Crippen LogP contribution in [-0.4, -0.2) is 0 Å². The second-order valence-corrected chi connectivity index (χ2v) is 10.1. The largest absolute Gasteiger partial charge is 0.0622 e. The van der Waals surface area contributed by atoms with Crippen LogP contribution in [0.3, 0.4) is 0 Å². The Hall–Kier alpha value is -4.94. The summed E-state index contributed by atoms with van der Waals surface area (Å²) in [5.41, 5.74) is 4.99. The van der Waals surface area contributed by atoms with Crippen molar-refractivity contribution in [2.75, 3.05) is 0 Å². The van der Waals surface area contributed by atoms with E-state index >= 15 is 0 Å². The van der Waals surface area contributed by atoms with Crippen LogP contribution < -0.4 is 0 Å². The molecule has 0 bridgehead atoms. The number of rotatable bonds is 2. The van der Waals surface area contributed by atoms with Crippen molar-refractivity contribution in [3.05, 3.63) is 146 Å². The lowest BCUT2D eigenvalue weighted by Crippen LogP contribution is -1.90. The highest BCUT2D eigenvalue weighted by Gasteiger charge is 2.16. The van der Waals surface area contributed by atoms with Crippen LogP contribution in [-0.2, 0) is 0 Å². The van der Waals surface area contributed by atoms with Gasteiger partial charge in [0.1, 0.15) is 0 Å². The third-order valence-electron chi connectivity index (χ3n) is 8.03. The van der Waals surface area contributed by atoms with Gasteiger partial charge in [0.2, 0.25) is 0 Å². The van der Waals surface area contributed by atoms with Gasteiger partial charge in [-0.05, 0) is 82.2 Å². The Morgan fingerprint density at radius 2 is 0.632 bits per heavy atom. The molecule has 0 unspecified atom stereocenters. The fourth-order valence-corrected chi connectivity index (χ4v) is 6.39. The lowest BCUT2D eigenvalue weighted by molar-refractivity contribution is 1.60. The van der Waals surface area contributed by atoms with Crippen LogP contribution >= 0.6 is 0 Å². The number of fused-ring (bicyclic) bond motifs is 11. The SMILES string of the molecule is c1ccc(-c2ccccc2-c2ccc3c4ccccc4c4c5ccccc5c5ccccc5c4c3c2)cc1. The lowest BCUT2D eigenvalue weighted by Gasteiger charge is -2.17. The Morgan fingerprint density at radius 1 is 0.237 bits per heavy atom. The minimum absolute atomic E-state index is 1.24. The van der Waals surface area contributed by atoms with E-state index in [0.717, 1.165) is 0 Å². The van der Waals surface area contributed by atoms with E-state index in [1.165, 1.54) is 76.1 Å². The summed E-state index contributed by atoms with van der Waals surface area (Å²) in [7, 11) is 0. The molecule has 0 atom stereocenters. The van der Waals surface area contributed by atoms with Crippen LogP contribution in [0.15, 0.2) is 146 Å².